The number of aromatic amines is 1. The number of rotatable bonds is 5. The highest BCUT2D eigenvalue weighted by Gasteiger charge is 2.08. The maximum absolute atomic E-state index is 11.9. The van der Waals surface area contributed by atoms with Gasteiger partial charge >= 0.3 is 0 Å². The molecule has 0 bridgehead atoms. The molecule has 0 spiro atoms. The number of aromatic nitrogens is 3. The molecule has 0 aliphatic carbocycles. The van der Waals surface area contributed by atoms with E-state index in [2.05, 4.69) is 20.5 Å². The van der Waals surface area contributed by atoms with Crippen LogP contribution in [-0.4, -0.2) is 32.6 Å². The van der Waals surface area contributed by atoms with Crippen molar-refractivity contribution >= 4 is 29.1 Å². The summed E-state index contributed by atoms with van der Waals surface area (Å²) in [7, 11) is 0. The first-order chi connectivity index (χ1) is 10.5. The lowest BCUT2D eigenvalue weighted by Crippen LogP contribution is -2.17. The smallest absolute Gasteiger partial charge is 0.273 e. The lowest BCUT2D eigenvalue weighted by Gasteiger charge is -2.06. The molecular weight excluding hydrogens is 304 g/mol. The quantitative estimate of drug-likeness (QED) is 0.638. The molecule has 1 aromatic heterocycles. The second kappa shape index (κ2) is 6.99. The summed E-state index contributed by atoms with van der Waals surface area (Å²) >= 11 is 1.07. The van der Waals surface area contributed by atoms with Crippen LogP contribution in [0.4, 0.5) is 5.69 Å². The number of Topliss-reactive ketones (excluding diaryl/α,β-unsaturated/α-hetero) is 1. The molecule has 0 radical (unpaired) electrons. The number of H-pyrrole nitrogens is 1. The summed E-state index contributed by atoms with van der Waals surface area (Å²) in [6.07, 6.45) is 0. The number of anilines is 1. The fourth-order valence-corrected chi connectivity index (χ4v) is 2.19. The molecule has 2 rings (SSSR count). The van der Waals surface area contributed by atoms with Crippen molar-refractivity contribution in [3.63, 3.8) is 0 Å². The molecule has 0 saturated heterocycles. The van der Waals surface area contributed by atoms with Crippen LogP contribution >= 0.6 is 11.8 Å². The van der Waals surface area contributed by atoms with Gasteiger partial charge in [0.1, 0.15) is 5.69 Å². The van der Waals surface area contributed by atoms with E-state index < -0.39 is 0 Å². The minimum Gasteiger partial charge on any atom is -0.325 e. The van der Waals surface area contributed by atoms with Crippen molar-refractivity contribution in [2.75, 3.05) is 11.1 Å². The first-order valence-corrected chi connectivity index (χ1v) is 7.41. The molecule has 0 fully saturated rings. The molecule has 1 amide bonds. The molecule has 1 aromatic carbocycles. The summed E-state index contributed by atoms with van der Waals surface area (Å²) in [5.41, 5.74) is 1.02. The molecule has 0 aliphatic rings. The predicted octanol–water partition coefficient (Wildman–Crippen LogP) is 1.41. The number of hydrogen-bond donors (Lipinski definition) is 2. The minimum atomic E-state index is -0.327. The Kier molecular flexibility index (Phi) is 5.05. The highest BCUT2D eigenvalue weighted by atomic mass is 32.2. The number of ketones is 1. The molecule has 2 aromatic rings. The average Bonchev–Trinajstić information content (AvgIpc) is 2.49. The van der Waals surface area contributed by atoms with Crippen LogP contribution in [0.5, 0.6) is 0 Å². The summed E-state index contributed by atoms with van der Waals surface area (Å²) in [6.45, 7) is 3.01. The van der Waals surface area contributed by atoms with E-state index in [4.69, 9.17) is 0 Å². The Morgan fingerprint density at radius 2 is 2.09 bits per heavy atom. The fraction of sp³-hybridized carbons (Fsp3) is 0.214. The van der Waals surface area contributed by atoms with Crippen LogP contribution in [0.3, 0.4) is 0 Å². The van der Waals surface area contributed by atoms with Crippen molar-refractivity contribution in [3.05, 3.63) is 45.9 Å². The normalized spacial score (nSPS) is 10.3. The molecule has 22 heavy (non-hydrogen) atoms. The number of carbonyl (C=O) groups excluding carboxylic acids is 2. The van der Waals surface area contributed by atoms with Gasteiger partial charge in [-0.1, -0.05) is 23.9 Å². The van der Waals surface area contributed by atoms with Crippen molar-refractivity contribution in [1.82, 2.24) is 15.2 Å². The SMILES string of the molecule is CC(=O)c1cccc(NC(=O)CSc2nnc(C)c(=O)[nH]2)c1. The van der Waals surface area contributed by atoms with Gasteiger partial charge in [-0.25, -0.2) is 0 Å². The summed E-state index contributed by atoms with van der Waals surface area (Å²) in [6, 6.07) is 6.68. The topological polar surface area (TPSA) is 105 Å². The molecule has 114 valence electrons. The number of thioether (sulfide) groups is 1. The number of nitrogens with zero attached hydrogens (tertiary/aromatic N) is 2. The van der Waals surface area contributed by atoms with E-state index in [9.17, 15) is 14.4 Å². The molecule has 1 heterocycles. The van der Waals surface area contributed by atoms with Crippen molar-refractivity contribution in [1.29, 1.82) is 0 Å². The summed E-state index contributed by atoms with van der Waals surface area (Å²) < 4.78 is 0. The molecule has 7 nitrogen and oxygen atoms in total. The number of aryl methyl sites for hydroxylation is 1. The predicted molar refractivity (Wildman–Crippen MR) is 83.2 cm³/mol. The van der Waals surface area contributed by atoms with Crippen molar-refractivity contribution in [2.24, 2.45) is 0 Å². The van der Waals surface area contributed by atoms with Crippen LogP contribution in [0, 0.1) is 6.92 Å². The Labute approximate surface area is 130 Å². The monoisotopic (exact) mass is 318 g/mol. The highest BCUT2D eigenvalue weighted by Crippen LogP contribution is 2.14. The van der Waals surface area contributed by atoms with Gasteiger partial charge in [-0.3, -0.25) is 19.4 Å². The van der Waals surface area contributed by atoms with Gasteiger partial charge in [0.25, 0.3) is 5.56 Å². The van der Waals surface area contributed by atoms with Crippen LogP contribution in [0.15, 0.2) is 34.2 Å². The molecule has 0 saturated carbocycles. The Morgan fingerprint density at radius 3 is 2.77 bits per heavy atom. The third-order valence-corrected chi connectivity index (χ3v) is 3.60. The Balaban J connectivity index is 1.95. The molecule has 8 heteroatoms. The Morgan fingerprint density at radius 1 is 1.32 bits per heavy atom. The maximum Gasteiger partial charge on any atom is 0.273 e. The van der Waals surface area contributed by atoms with Crippen LogP contribution in [0.2, 0.25) is 0 Å². The van der Waals surface area contributed by atoms with Gasteiger partial charge in [-0.05, 0) is 26.0 Å². The van der Waals surface area contributed by atoms with Gasteiger partial charge in [-0.2, -0.15) is 0 Å². The summed E-state index contributed by atoms with van der Waals surface area (Å²) in [5, 5.41) is 10.4. The largest absolute Gasteiger partial charge is 0.325 e. The van der Waals surface area contributed by atoms with E-state index in [0.717, 1.165) is 11.8 Å². The van der Waals surface area contributed by atoms with Gasteiger partial charge in [0, 0.05) is 11.3 Å². The standard InChI is InChI=1S/C14H14N4O3S/c1-8-13(21)16-14(18-17-8)22-7-12(20)15-11-5-3-4-10(6-11)9(2)19/h3-6H,7H2,1-2H3,(H,15,20)(H,16,18,21). The minimum absolute atomic E-state index is 0.0674. The molecule has 0 unspecified atom stereocenters. The Bertz CT molecular complexity index is 773. The third kappa shape index (κ3) is 4.26. The zero-order valence-corrected chi connectivity index (χ0v) is 12.9. The van der Waals surface area contributed by atoms with Gasteiger partial charge < -0.3 is 5.32 Å². The van der Waals surface area contributed by atoms with Gasteiger partial charge in [0.15, 0.2) is 10.9 Å². The van der Waals surface area contributed by atoms with E-state index in [1.165, 1.54) is 6.92 Å². The van der Waals surface area contributed by atoms with Crippen molar-refractivity contribution in [3.8, 4) is 0 Å². The van der Waals surface area contributed by atoms with E-state index in [1.54, 1.807) is 31.2 Å². The van der Waals surface area contributed by atoms with Crippen molar-refractivity contribution in [2.45, 2.75) is 19.0 Å². The lowest BCUT2D eigenvalue weighted by atomic mass is 10.1. The second-order valence-electron chi connectivity index (χ2n) is 4.52. The third-order valence-electron chi connectivity index (χ3n) is 2.73. The fourth-order valence-electron chi connectivity index (χ4n) is 1.59. The number of amides is 1. The zero-order chi connectivity index (χ0) is 16.1. The Hall–Kier alpha value is -2.48. The van der Waals surface area contributed by atoms with Gasteiger partial charge in [0.2, 0.25) is 5.91 Å². The number of carbonyl (C=O) groups is 2. The van der Waals surface area contributed by atoms with Gasteiger partial charge in [0.05, 0.1) is 5.75 Å². The van der Waals surface area contributed by atoms with E-state index in [1.807, 2.05) is 0 Å². The maximum atomic E-state index is 11.9. The van der Waals surface area contributed by atoms with Crippen LogP contribution in [-0.2, 0) is 4.79 Å². The first kappa shape index (κ1) is 15.9. The van der Waals surface area contributed by atoms with E-state index in [0.29, 0.717) is 11.3 Å². The van der Waals surface area contributed by atoms with E-state index >= 15 is 0 Å². The zero-order valence-electron chi connectivity index (χ0n) is 12.0. The molecule has 0 atom stereocenters. The number of benzene rings is 1. The summed E-state index contributed by atoms with van der Waals surface area (Å²) in [4.78, 5) is 37.1. The lowest BCUT2D eigenvalue weighted by molar-refractivity contribution is -0.113. The van der Waals surface area contributed by atoms with Crippen LogP contribution < -0.4 is 10.9 Å². The average molecular weight is 318 g/mol. The number of hydrogen-bond acceptors (Lipinski definition) is 6. The number of nitrogens with one attached hydrogen (secondary N) is 2. The van der Waals surface area contributed by atoms with Crippen LogP contribution in [0.1, 0.15) is 23.0 Å². The molecule has 0 aliphatic heterocycles. The van der Waals surface area contributed by atoms with Crippen molar-refractivity contribution < 1.29 is 9.59 Å². The summed E-state index contributed by atoms with van der Waals surface area (Å²) in [5.74, 6) is -0.273. The molecule has 2 N–H and O–H groups in total. The first-order valence-electron chi connectivity index (χ1n) is 6.43. The second-order valence-corrected chi connectivity index (χ2v) is 5.48. The molecular formula is C14H14N4O3S. The highest BCUT2D eigenvalue weighted by molar-refractivity contribution is 7.99. The van der Waals surface area contributed by atoms with Gasteiger partial charge in [-0.15, -0.1) is 10.2 Å². The van der Waals surface area contributed by atoms with E-state index in [-0.39, 0.29) is 33.9 Å². The van der Waals surface area contributed by atoms with Crippen LogP contribution in [0.25, 0.3) is 0 Å².